The van der Waals surface area contributed by atoms with Crippen LogP contribution in [0.3, 0.4) is 0 Å². The van der Waals surface area contributed by atoms with Crippen LogP contribution in [0.4, 0.5) is 0 Å². The minimum Gasteiger partial charge on any atom is -0.0648 e. The highest BCUT2D eigenvalue weighted by Crippen LogP contribution is 2.43. The summed E-state index contributed by atoms with van der Waals surface area (Å²) in [7, 11) is 0. The first-order chi connectivity index (χ1) is 6.88. The van der Waals surface area contributed by atoms with Gasteiger partial charge < -0.3 is 0 Å². The smallest absolute Gasteiger partial charge is 0.0159 e. The fourth-order valence-electron chi connectivity index (χ4n) is 2.80. The second-order valence-electron chi connectivity index (χ2n) is 4.88. The molecule has 1 unspecified atom stereocenters. The van der Waals surface area contributed by atoms with E-state index < -0.39 is 0 Å². The number of rotatable bonds is 2. The van der Waals surface area contributed by atoms with Crippen molar-refractivity contribution in [1.29, 1.82) is 0 Å². The molecule has 14 heavy (non-hydrogen) atoms. The summed E-state index contributed by atoms with van der Waals surface area (Å²) in [6.07, 6.45) is 6.88. The van der Waals surface area contributed by atoms with Gasteiger partial charge in [-0.05, 0) is 60.6 Å². The van der Waals surface area contributed by atoms with Gasteiger partial charge in [-0.3, -0.25) is 0 Å². The molecular formula is C14H18. The van der Waals surface area contributed by atoms with Gasteiger partial charge in [0.1, 0.15) is 0 Å². The molecule has 0 heterocycles. The Labute approximate surface area is 86.3 Å². The Morgan fingerprint density at radius 1 is 1.21 bits per heavy atom. The predicted molar refractivity (Wildman–Crippen MR) is 59.8 cm³/mol. The molecule has 1 atom stereocenters. The molecule has 2 aliphatic carbocycles. The fourth-order valence-corrected chi connectivity index (χ4v) is 2.80. The van der Waals surface area contributed by atoms with Crippen LogP contribution in [0.25, 0.3) is 0 Å². The summed E-state index contributed by atoms with van der Waals surface area (Å²) >= 11 is 0. The van der Waals surface area contributed by atoms with Crippen LogP contribution in [0, 0.1) is 0 Å². The van der Waals surface area contributed by atoms with E-state index in [2.05, 4.69) is 25.1 Å². The Balaban J connectivity index is 1.99. The molecule has 0 aliphatic heterocycles. The summed E-state index contributed by atoms with van der Waals surface area (Å²) < 4.78 is 0. The summed E-state index contributed by atoms with van der Waals surface area (Å²) in [6, 6.07) is 7.27. The summed E-state index contributed by atoms with van der Waals surface area (Å²) in [6.45, 7) is 2.32. The average molecular weight is 186 g/mol. The summed E-state index contributed by atoms with van der Waals surface area (Å²) in [5.74, 6) is 1.78. The van der Waals surface area contributed by atoms with E-state index in [4.69, 9.17) is 0 Å². The van der Waals surface area contributed by atoms with Crippen LogP contribution in [-0.4, -0.2) is 0 Å². The van der Waals surface area contributed by atoms with Crippen LogP contribution in [0.5, 0.6) is 0 Å². The number of fused-ring (bicyclic) bond motifs is 1. The zero-order valence-corrected chi connectivity index (χ0v) is 8.92. The molecule has 1 aromatic carbocycles. The minimum atomic E-state index is 0.865. The largest absolute Gasteiger partial charge is 0.0648 e. The molecule has 1 aromatic rings. The van der Waals surface area contributed by atoms with Crippen LogP contribution in [-0.2, 0) is 6.42 Å². The van der Waals surface area contributed by atoms with Gasteiger partial charge in [0.25, 0.3) is 0 Å². The van der Waals surface area contributed by atoms with E-state index in [0.29, 0.717) is 0 Å². The maximum absolute atomic E-state index is 2.51. The van der Waals surface area contributed by atoms with Gasteiger partial charge in [-0.1, -0.05) is 25.1 Å². The predicted octanol–water partition coefficient (Wildman–Crippen LogP) is 4.00. The molecule has 2 aliphatic rings. The average Bonchev–Trinajstić information content (AvgIpc) is 2.98. The van der Waals surface area contributed by atoms with Crippen molar-refractivity contribution in [2.45, 2.75) is 50.9 Å². The molecule has 0 spiro atoms. The molecule has 0 amide bonds. The number of benzene rings is 1. The van der Waals surface area contributed by atoms with E-state index in [0.717, 1.165) is 11.8 Å². The Morgan fingerprint density at radius 2 is 2.07 bits per heavy atom. The van der Waals surface area contributed by atoms with E-state index in [9.17, 15) is 0 Å². The van der Waals surface area contributed by atoms with E-state index in [1.807, 2.05) is 0 Å². The van der Waals surface area contributed by atoms with E-state index in [1.165, 1.54) is 32.1 Å². The molecule has 0 N–H and O–H groups in total. The monoisotopic (exact) mass is 186 g/mol. The van der Waals surface area contributed by atoms with Crippen molar-refractivity contribution in [3.05, 3.63) is 34.9 Å². The van der Waals surface area contributed by atoms with Gasteiger partial charge in [-0.15, -0.1) is 0 Å². The van der Waals surface area contributed by atoms with Gasteiger partial charge in [-0.25, -0.2) is 0 Å². The Kier molecular flexibility index (Phi) is 1.90. The van der Waals surface area contributed by atoms with Crippen LogP contribution in [0.1, 0.15) is 61.1 Å². The molecule has 0 radical (unpaired) electrons. The topological polar surface area (TPSA) is 0 Å². The number of hydrogen-bond donors (Lipinski definition) is 0. The summed E-state index contributed by atoms with van der Waals surface area (Å²) in [5.41, 5.74) is 4.92. The van der Waals surface area contributed by atoms with Gasteiger partial charge in [0.15, 0.2) is 0 Å². The lowest BCUT2D eigenvalue weighted by Gasteiger charge is -2.09. The van der Waals surface area contributed by atoms with Gasteiger partial charge in [-0.2, -0.15) is 0 Å². The molecule has 0 heteroatoms. The first-order valence-electron chi connectivity index (χ1n) is 6.01. The van der Waals surface area contributed by atoms with Crippen molar-refractivity contribution >= 4 is 0 Å². The number of hydrogen-bond acceptors (Lipinski definition) is 0. The highest BCUT2D eigenvalue weighted by atomic mass is 14.3. The molecule has 1 fully saturated rings. The fraction of sp³-hybridized carbons (Fsp3) is 0.571. The quantitative estimate of drug-likeness (QED) is 0.654. The Bertz CT molecular complexity index is 347. The van der Waals surface area contributed by atoms with E-state index >= 15 is 0 Å². The molecule has 74 valence electrons. The molecular weight excluding hydrogens is 168 g/mol. The lowest BCUT2D eigenvalue weighted by Crippen LogP contribution is -1.92. The molecule has 3 rings (SSSR count). The first-order valence-corrected chi connectivity index (χ1v) is 6.01. The van der Waals surface area contributed by atoms with Crippen molar-refractivity contribution in [2.75, 3.05) is 0 Å². The maximum atomic E-state index is 2.51. The molecule has 1 saturated carbocycles. The highest BCUT2D eigenvalue weighted by Gasteiger charge is 2.27. The lowest BCUT2D eigenvalue weighted by atomic mass is 9.96. The SMILES string of the molecule is CCC1CCc2ccc(C3CC3)cc21. The van der Waals surface area contributed by atoms with Crippen molar-refractivity contribution in [3.8, 4) is 0 Å². The van der Waals surface area contributed by atoms with Gasteiger partial charge >= 0.3 is 0 Å². The van der Waals surface area contributed by atoms with Crippen LogP contribution < -0.4 is 0 Å². The second-order valence-corrected chi connectivity index (χ2v) is 4.88. The molecule has 0 saturated heterocycles. The van der Waals surface area contributed by atoms with E-state index in [1.54, 1.807) is 16.7 Å². The Morgan fingerprint density at radius 3 is 2.79 bits per heavy atom. The lowest BCUT2D eigenvalue weighted by molar-refractivity contribution is 0.655. The second kappa shape index (κ2) is 3.12. The van der Waals surface area contributed by atoms with Crippen molar-refractivity contribution in [1.82, 2.24) is 0 Å². The summed E-state index contributed by atoms with van der Waals surface area (Å²) in [4.78, 5) is 0. The maximum Gasteiger partial charge on any atom is -0.0159 e. The molecule has 0 bridgehead atoms. The van der Waals surface area contributed by atoms with Crippen molar-refractivity contribution in [2.24, 2.45) is 0 Å². The summed E-state index contributed by atoms with van der Waals surface area (Å²) in [5, 5.41) is 0. The highest BCUT2D eigenvalue weighted by molar-refractivity contribution is 5.40. The minimum absolute atomic E-state index is 0.865. The van der Waals surface area contributed by atoms with Crippen LogP contribution in [0.15, 0.2) is 18.2 Å². The Hall–Kier alpha value is -0.780. The first kappa shape index (κ1) is 8.52. The van der Waals surface area contributed by atoms with Crippen molar-refractivity contribution < 1.29 is 0 Å². The van der Waals surface area contributed by atoms with E-state index in [-0.39, 0.29) is 0 Å². The standard InChI is InChI=1S/C14H18/c1-2-10-3-6-12-7-8-13(9-14(10)12)11-4-5-11/h7-11H,2-6H2,1H3. The third-order valence-electron chi connectivity index (χ3n) is 3.91. The van der Waals surface area contributed by atoms with Crippen LogP contribution >= 0.6 is 0 Å². The molecule has 0 aromatic heterocycles. The zero-order chi connectivity index (χ0) is 9.54. The third-order valence-corrected chi connectivity index (χ3v) is 3.91. The normalized spacial score (nSPS) is 25.1. The van der Waals surface area contributed by atoms with Crippen molar-refractivity contribution in [3.63, 3.8) is 0 Å². The molecule has 0 nitrogen and oxygen atoms in total. The van der Waals surface area contributed by atoms with Gasteiger partial charge in [0.2, 0.25) is 0 Å². The van der Waals surface area contributed by atoms with Crippen LogP contribution in [0.2, 0.25) is 0 Å². The number of aryl methyl sites for hydroxylation is 1. The van der Waals surface area contributed by atoms with Gasteiger partial charge in [0, 0.05) is 0 Å². The van der Waals surface area contributed by atoms with Gasteiger partial charge in [0.05, 0.1) is 0 Å². The third kappa shape index (κ3) is 1.28. The zero-order valence-electron chi connectivity index (χ0n) is 8.92.